The molecular weight excluding hydrogens is 256 g/mol. The van der Waals surface area contributed by atoms with Crippen molar-refractivity contribution < 1.29 is 14.4 Å². The van der Waals surface area contributed by atoms with Crippen molar-refractivity contribution >= 4 is 5.91 Å². The Morgan fingerprint density at radius 3 is 2.70 bits per heavy atom. The lowest BCUT2D eigenvalue weighted by Gasteiger charge is -2.35. The molecule has 0 unspecified atom stereocenters. The van der Waals surface area contributed by atoms with Gasteiger partial charge in [0.25, 0.3) is 5.91 Å². The third-order valence-electron chi connectivity index (χ3n) is 4.37. The molecule has 0 saturated heterocycles. The van der Waals surface area contributed by atoms with E-state index in [2.05, 4.69) is 10.5 Å². The summed E-state index contributed by atoms with van der Waals surface area (Å²) in [5.74, 6) is 0.417. The molecule has 1 amide bonds. The number of aliphatic hydroxyl groups is 1. The topological polar surface area (TPSA) is 75.4 Å². The van der Waals surface area contributed by atoms with Crippen molar-refractivity contribution in [2.45, 2.75) is 52.4 Å². The van der Waals surface area contributed by atoms with E-state index in [1.54, 1.807) is 6.92 Å². The maximum atomic E-state index is 12.3. The number of aliphatic hydroxyl groups excluding tert-OH is 1. The number of nitrogens with zero attached hydrogens (tertiary/aromatic N) is 1. The van der Waals surface area contributed by atoms with Crippen LogP contribution in [0.3, 0.4) is 0 Å². The predicted molar refractivity (Wildman–Crippen MR) is 75.6 cm³/mol. The quantitative estimate of drug-likeness (QED) is 0.867. The van der Waals surface area contributed by atoms with Crippen LogP contribution in [0.4, 0.5) is 0 Å². The average molecular weight is 280 g/mol. The number of aryl methyl sites for hydroxylation is 2. The van der Waals surface area contributed by atoms with Crippen LogP contribution in [0.1, 0.15) is 60.8 Å². The van der Waals surface area contributed by atoms with Crippen LogP contribution < -0.4 is 5.32 Å². The fourth-order valence-corrected chi connectivity index (χ4v) is 3.00. The van der Waals surface area contributed by atoms with Gasteiger partial charge in [0.15, 0.2) is 0 Å². The summed E-state index contributed by atoms with van der Waals surface area (Å²) in [7, 11) is 0. The fourth-order valence-electron chi connectivity index (χ4n) is 3.00. The molecule has 5 heteroatoms. The molecule has 112 valence electrons. The third-order valence-corrected chi connectivity index (χ3v) is 4.37. The molecule has 1 aliphatic carbocycles. The van der Waals surface area contributed by atoms with Gasteiger partial charge >= 0.3 is 0 Å². The van der Waals surface area contributed by atoms with Crippen LogP contribution in [0, 0.1) is 12.3 Å². The summed E-state index contributed by atoms with van der Waals surface area (Å²) in [6.45, 7) is 4.36. The van der Waals surface area contributed by atoms with Gasteiger partial charge in [0.05, 0.1) is 12.3 Å². The molecule has 1 aliphatic rings. The van der Waals surface area contributed by atoms with Gasteiger partial charge in [-0.3, -0.25) is 4.79 Å². The number of amides is 1. The highest BCUT2D eigenvalue weighted by atomic mass is 16.5. The van der Waals surface area contributed by atoms with E-state index in [0.717, 1.165) is 25.7 Å². The molecule has 0 radical (unpaired) electrons. The Hall–Kier alpha value is -1.36. The molecule has 1 heterocycles. The van der Waals surface area contributed by atoms with Gasteiger partial charge in [-0.15, -0.1) is 0 Å². The summed E-state index contributed by atoms with van der Waals surface area (Å²) in [5, 5.41) is 16.5. The van der Waals surface area contributed by atoms with Gasteiger partial charge in [-0.1, -0.05) is 31.3 Å². The first-order valence-electron chi connectivity index (χ1n) is 7.46. The lowest BCUT2D eigenvalue weighted by molar-refractivity contribution is 0.0717. The van der Waals surface area contributed by atoms with Crippen molar-refractivity contribution in [3.05, 3.63) is 17.0 Å². The monoisotopic (exact) mass is 280 g/mol. The molecule has 2 N–H and O–H groups in total. The van der Waals surface area contributed by atoms with Gasteiger partial charge in [-0.2, -0.15) is 0 Å². The molecule has 1 fully saturated rings. The Balaban J connectivity index is 2.02. The van der Waals surface area contributed by atoms with Gasteiger partial charge in [-0.25, -0.2) is 0 Å². The molecule has 1 aromatic heterocycles. The minimum atomic E-state index is -0.147. The lowest BCUT2D eigenvalue weighted by atomic mass is 9.74. The van der Waals surface area contributed by atoms with Gasteiger partial charge < -0.3 is 14.9 Å². The smallest absolute Gasteiger partial charge is 0.256 e. The molecule has 0 aromatic carbocycles. The summed E-state index contributed by atoms with van der Waals surface area (Å²) in [5.41, 5.74) is 1.10. The predicted octanol–water partition coefficient (Wildman–Crippen LogP) is 2.22. The Kier molecular flexibility index (Phi) is 4.81. The van der Waals surface area contributed by atoms with Crippen molar-refractivity contribution in [1.82, 2.24) is 10.5 Å². The number of carbonyl (C=O) groups is 1. The second kappa shape index (κ2) is 6.39. The van der Waals surface area contributed by atoms with Crippen LogP contribution in [0.5, 0.6) is 0 Å². The number of nitrogens with one attached hydrogen (secondary N) is 1. The van der Waals surface area contributed by atoms with E-state index in [1.165, 1.54) is 6.42 Å². The maximum Gasteiger partial charge on any atom is 0.256 e. The largest absolute Gasteiger partial charge is 0.396 e. The van der Waals surface area contributed by atoms with Gasteiger partial charge in [0.1, 0.15) is 11.3 Å². The normalized spacial score (nSPS) is 17.9. The summed E-state index contributed by atoms with van der Waals surface area (Å²) >= 11 is 0. The molecule has 0 spiro atoms. The first kappa shape index (κ1) is 15.0. The molecule has 0 aliphatic heterocycles. The molecule has 2 rings (SSSR count). The highest BCUT2D eigenvalue weighted by Gasteiger charge is 2.32. The van der Waals surface area contributed by atoms with Crippen molar-refractivity contribution in [3.63, 3.8) is 0 Å². The first-order valence-corrected chi connectivity index (χ1v) is 7.46. The second-order valence-corrected chi connectivity index (χ2v) is 5.82. The lowest BCUT2D eigenvalue weighted by Crippen LogP contribution is -2.41. The first-order chi connectivity index (χ1) is 9.62. The summed E-state index contributed by atoms with van der Waals surface area (Å²) in [6.07, 6.45) is 6.11. The van der Waals surface area contributed by atoms with Crippen LogP contribution >= 0.6 is 0 Å². The van der Waals surface area contributed by atoms with E-state index in [9.17, 15) is 9.90 Å². The van der Waals surface area contributed by atoms with E-state index in [1.807, 2.05) is 6.92 Å². The van der Waals surface area contributed by atoms with Crippen LogP contribution in [-0.2, 0) is 6.42 Å². The molecule has 5 nitrogen and oxygen atoms in total. The van der Waals surface area contributed by atoms with Crippen LogP contribution in [0.2, 0.25) is 0 Å². The Labute approximate surface area is 119 Å². The maximum absolute atomic E-state index is 12.3. The molecular formula is C15H24N2O3. The molecule has 0 bridgehead atoms. The number of aromatic nitrogens is 1. The SMILES string of the molecule is CCc1noc(C)c1C(=O)NCC1(CO)CCCCC1. The Bertz CT molecular complexity index is 462. The van der Waals surface area contributed by atoms with Gasteiger partial charge in [0, 0.05) is 12.0 Å². The van der Waals surface area contributed by atoms with Crippen LogP contribution in [0.15, 0.2) is 4.52 Å². The van der Waals surface area contributed by atoms with Crippen molar-refractivity contribution in [1.29, 1.82) is 0 Å². The molecule has 20 heavy (non-hydrogen) atoms. The minimum Gasteiger partial charge on any atom is -0.396 e. The van der Waals surface area contributed by atoms with E-state index in [-0.39, 0.29) is 17.9 Å². The number of rotatable bonds is 5. The van der Waals surface area contributed by atoms with E-state index in [0.29, 0.717) is 30.0 Å². The van der Waals surface area contributed by atoms with Gasteiger partial charge in [-0.05, 0) is 26.2 Å². The summed E-state index contributed by atoms with van der Waals surface area (Å²) in [4.78, 5) is 12.3. The minimum absolute atomic E-state index is 0.135. The average Bonchev–Trinajstić information content (AvgIpc) is 2.87. The highest BCUT2D eigenvalue weighted by molar-refractivity contribution is 5.96. The Morgan fingerprint density at radius 1 is 1.40 bits per heavy atom. The fraction of sp³-hybridized carbons (Fsp3) is 0.733. The zero-order chi connectivity index (χ0) is 14.6. The van der Waals surface area contributed by atoms with Crippen molar-refractivity contribution in [3.8, 4) is 0 Å². The zero-order valence-electron chi connectivity index (χ0n) is 12.4. The highest BCUT2D eigenvalue weighted by Crippen LogP contribution is 2.35. The summed E-state index contributed by atoms with van der Waals surface area (Å²) < 4.78 is 5.09. The Morgan fingerprint density at radius 2 is 2.10 bits per heavy atom. The third kappa shape index (κ3) is 3.03. The number of hydrogen-bond acceptors (Lipinski definition) is 4. The summed E-state index contributed by atoms with van der Waals surface area (Å²) in [6, 6.07) is 0. The van der Waals surface area contributed by atoms with Crippen LogP contribution in [0.25, 0.3) is 0 Å². The molecule has 1 saturated carbocycles. The van der Waals surface area contributed by atoms with Crippen molar-refractivity contribution in [2.24, 2.45) is 5.41 Å². The van der Waals surface area contributed by atoms with Crippen LogP contribution in [-0.4, -0.2) is 29.3 Å². The van der Waals surface area contributed by atoms with E-state index in [4.69, 9.17) is 4.52 Å². The molecule has 0 atom stereocenters. The number of carbonyl (C=O) groups excluding carboxylic acids is 1. The number of hydrogen-bond donors (Lipinski definition) is 2. The van der Waals surface area contributed by atoms with Crippen molar-refractivity contribution in [2.75, 3.05) is 13.2 Å². The van der Waals surface area contributed by atoms with E-state index >= 15 is 0 Å². The zero-order valence-corrected chi connectivity index (χ0v) is 12.4. The van der Waals surface area contributed by atoms with E-state index < -0.39 is 0 Å². The second-order valence-electron chi connectivity index (χ2n) is 5.82. The standard InChI is InChI=1S/C15H24N2O3/c1-3-12-13(11(2)20-17-12)14(19)16-9-15(10-18)7-5-4-6-8-15/h18H,3-10H2,1-2H3,(H,16,19). The molecule has 1 aromatic rings. The van der Waals surface area contributed by atoms with Gasteiger partial charge in [0.2, 0.25) is 0 Å².